The first kappa shape index (κ1) is 28.4. The predicted molar refractivity (Wildman–Crippen MR) is 147 cm³/mol. The summed E-state index contributed by atoms with van der Waals surface area (Å²) in [7, 11) is -3.50. The molecular formula is C30H34FN3O4S. The molecule has 1 aliphatic heterocycles. The highest BCUT2D eigenvalue weighted by Crippen LogP contribution is 2.22. The number of sulfonamides is 1. The predicted octanol–water partition coefficient (Wildman–Crippen LogP) is 4.28. The highest BCUT2D eigenvalue weighted by molar-refractivity contribution is 7.89. The van der Waals surface area contributed by atoms with Crippen molar-refractivity contribution in [3.8, 4) is 0 Å². The Labute approximate surface area is 229 Å². The first-order valence-electron chi connectivity index (χ1n) is 13.2. The summed E-state index contributed by atoms with van der Waals surface area (Å²) in [6.07, 6.45) is 2.27. The summed E-state index contributed by atoms with van der Waals surface area (Å²) in [5.41, 5.74) is 2.49. The van der Waals surface area contributed by atoms with E-state index in [1.54, 1.807) is 43.3 Å². The molecular weight excluding hydrogens is 517 g/mol. The molecule has 1 saturated heterocycles. The van der Waals surface area contributed by atoms with Gasteiger partial charge in [-0.1, -0.05) is 54.6 Å². The first-order chi connectivity index (χ1) is 18.7. The van der Waals surface area contributed by atoms with Gasteiger partial charge in [-0.25, -0.2) is 12.8 Å². The summed E-state index contributed by atoms with van der Waals surface area (Å²) in [6.45, 7) is 3.26. The van der Waals surface area contributed by atoms with Crippen LogP contribution in [0.4, 0.5) is 4.39 Å². The molecule has 0 spiro atoms. The van der Waals surface area contributed by atoms with Crippen molar-refractivity contribution in [2.45, 2.75) is 56.6 Å². The van der Waals surface area contributed by atoms with Crippen molar-refractivity contribution >= 4 is 21.8 Å². The molecule has 1 heterocycles. The van der Waals surface area contributed by atoms with Gasteiger partial charge in [-0.2, -0.15) is 4.31 Å². The zero-order valence-corrected chi connectivity index (χ0v) is 22.9. The van der Waals surface area contributed by atoms with Crippen molar-refractivity contribution in [2.75, 3.05) is 13.1 Å². The number of hydrogen-bond acceptors (Lipinski definition) is 4. The second kappa shape index (κ2) is 13.0. The van der Waals surface area contributed by atoms with Crippen molar-refractivity contribution in [3.63, 3.8) is 0 Å². The van der Waals surface area contributed by atoms with Crippen molar-refractivity contribution < 1.29 is 22.4 Å². The molecule has 3 aromatic rings. The quantitative estimate of drug-likeness (QED) is 0.386. The molecule has 0 radical (unpaired) electrons. The van der Waals surface area contributed by atoms with Crippen LogP contribution in [0.2, 0.25) is 0 Å². The lowest BCUT2D eigenvalue weighted by molar-refractivity contribution is -0.140. The van der Waals surface area contributed by atoms with E-state index in [0.29, 0.717) is 31.6 Å². The highest BCUT2D eigenvalue weighted by atomic mass is 32.2. The van der Waals surface area contributed by atoms with E-state index >= 15 is 0 Å². The van der Waals surface area contributed by atoms with Gasteiger partial charge in [0.15, 0.2) is 0 Å². The number of nitrogens with zero attached hydrogens (tertiary/aromatic N) is 2. The molecule has 0 aliphatic carbocycles. The van der Waals surface area contributed by atoms with E-state index in [1.807, 2.05) is 30.3 Å². The van der Waals surface area contributed by atoms with E-state index in [0.717, 1.165) is 24.0 Å². The maximum Gasteiger partial charge on any atom is 0.243 e. The van der Waals surface area contributed by atoms with Gasteiger partial charge >= 0.3 is 0 Å². The van der Waals surface area contributed by atoms with Crippen LogP contribution in [-0.2, 0) is 39.1 Å². The van der Waals surface area contributed by atoms with Gasteiger partial charge in [0.25, 0.3) is 0 Å². The zero-order chi connectivity index (χ0) is 27.8. The highest BCUT2D eigenvalue weighted by Gasteiger charge is 2.28. The third kappa shape index (κ3) is 7.52. The maximum atomic E-state index is 13.4. The molecule has 0 aromatic heterocycles. The van der Waals surface area contributed by atoms with Gasteiger partial charge in [-0.15, -0.1) is 0 Å². The van der Waals surface area contributed by atoms with E-state index < -0.39 is 16.1 Å². The van der Waals surface area contributed by atoms with E-state index in [-0.39, 0.29) is 35.5 Å². The number of hydrogen-bond donors (Lipinski definition) is 1. The largest absolute Gasteiger partial charge is 0.350 e. The zero-order valence-electron chi connectivity index (χ0n) is 22.1. The second-order valence-electron chi connectivity index (χ2n) is 9.78. The van der Waals surface area contributed by atoms with E-state index in [1.165, 1.54) is 21.3 Å². The van der Waals surface area contributed by atoms with Gasteiger partial charge in [0.1, 0.15) is 11.9 Å². The third-order valence-electron chi connectivity index (χ3n) is 7.00. The van der Waals surface area contributed by atoms with Crippen molar-refractivity contribution in [2.24, 2.45) is 0 Å². The fourth-order valence-electron chi connectivity index (χ4n) is 4.60. The third-order valence-corrected chi connectivity index (χ3v) is 8.91. The molecule has 2 amide bonds. The molecule has 9 heteroatoms. The van der Waals surface area contributed by atoms with Crippen LogP contribution in [-0.4, -0.2) is 48.6 Å². The molecule has 1 aliphatic rings. The molecule has 39 heavy (non-hydrogen) atoms. The van der Waals surface area contributed by atoms with Crippen LogP contribution in [0.5, 0.6) is 0 Å². The maximum absolute atomic E-state index is 13.4. The lowest BCUT2D eigenvalue weighted by atomic mass is 10.1. The van der Waals surface area contributed by atoms with E-state index in [2.05, 4.69) is 5.32 Å². The molecule has 0 saturated carbocycles. The van der Waals surface area contributed by atoms with Crippen LogP contribution < -0.4 is 5.32 Å². The number of aryl methyl sites for hydroxylation is 1. The normalized spacial score (nSPS) is 14.6. The molecule has 1 fully saturated rings. The molecule has 206 valence electrons. The summed E-state index contributed by atoms with van der Waals surface area (Å²) in [5.74, 6) is -0.887. The van der Waals surface area contributed by atoms with Crippen LogP contribution in [0.25, 0.3) is 0 Å². The van der Waals surface area contributed by atoms with Crippen LogP contribution in [0.1, 0.15) is 42.9 Å². The van der Waals surface area contributed by atoms with Gasteiger partial charge < -0.3 is 10.2 Å². The van der Waals surface area contributed by atoms with Crippen LogP contribution in [0.15, 0.2) is 83.8 Å². The Bertz CT molecular complexity index is 1360. The Balaban J connectivity index is 1.42. The fraction of sp³-hybridized carbons (Fsp3) is 0.333. The summed E-state index contributed by atoms with van der Waals surface area (Å²) in [4.78, 5) is 28.1. The SMILES string of the molecule is CC(C(=O)NCc1ccccc1)N(Cc1ccc(F)cc1)C(=O)CCc1ccc(S(=O)(=O)N2CCCC2)cc1. The van der Waals surface area contributed by atoms with Gasteiger partial charge in [-0.3, -0.25) is 9.59 Å². The monoisotopic (exact) mass is 551 g/mol. The second-order valence-corrected chi connectivity index (χ2v) is 11.7. The van der Waals surface area contributed by atoms with Gasteiger partial charge in [0, 0.05) is 32.6 Å². The molecule has 3 aromatic carbocycles. The van der Waals surface area contributed by atoms with Gasteiger partial charge in [0.2, 0.25) is 21.8 Å². The fourth-order valence-corrected chi connectivity index (χ4v) is 6.12. The minimum atomic E-state index is -3.50. The molecule has 4 rings (SSSR count). The van der Waals surface area contributed by atoms with Crippen LogP contribution in [0, 0.1) is 5.82 Å². The van der Waals surface area contributed by atoms with Crippen molar-refractivity contribution in [1.82, 2.24) is 14.5 Å². The van der Waals surface area contributed by atoms with Crippen molar-refractivity contribution in [1.29, 1.82) is 0 Å². The van der Waals surface area contributed by atoms with Gasteiger partial charge in [0.05, 0.1) is 4.90 Å². The van der Waals surface area contributed by atoms with Crippen LogP contribution >= 0.6 is 0 Å². The summed E-state index contributed by atoms with van der Waals surface area (Å²) in [6, 6.07) is 21.3. The van der Waals surface area contributed by atoms with E-state index in [4.69, 9.17) is 0 Å². The minimum absolute atomic E-state index is 0.135. The number of carbonyl (C=O) groups is 2. The first-order valence-corrected chi connectivity index (χ1v) is 14.6. The average molecular weight is 552 g/mol. The number of rotatable bonds is 11. The molecule has 1 atom stereocenters. The van der Waals surface area contributed by atoms with Crippen LogP contribution in [0.3, 0.4) is 0 Å². The number of halogens is 1. The standard InChI is InChI=1S/C30H34FN3O4S/c1-23(30(36)32-21-25-7-3-2-4-8-25)34(22-26-9-14-27(31)15-10-26)29(35)18-13-24-11-16-28(17-12-24)39(37,38)33-19-5-6-20-33/h2-4,7-12,14-17,23H,5-6,13,18-22H2,1H3,(H,32,36). The lowest BCUT2D eigenvalue weighted by Crippen LogP contribution is -2.47. The van der Waals surface area contributed by atoms with Gasteiger partial charge in [-0.05, 0) is 67.1 Å². The Morgan fingerprint density at radius 3 is 2.15 bits per heavy atom. The average Bonchev–Trinajstić information content (AvgIpc) is 3.51. The summed E-state index contributed by atoms with van der Waals surface area (Å²) >= 11 is 0. The number of nitrogens with one attached hydrogen (secondary N) is 1. The molecule has 1 unspecified atom stereocenters. The topological polar surface area (TPSA) is 86.8 Å². The Hall–Kier alpha value is -3.56. The lowest BCUT2D eigenvalue weighted by Gasteiger charge is -2.29. The number of carbonyl (C=O) groups excluding carboxylic acids is 2. The Morgan fingerprint density at radius 2 is 1.51 bits per heavy atom. The minimum Gasteiger partial charge on any atom is -0.350 e. The van der Waals surface area contributed by atoms with Crippen molar-refractivity contribution in [3.05, 3.63) is 101 Å². The number of amides is 2. The number of benzene rings is 3. The summed E-state index contributed by atoms with van der Waals surface area (Å²) in [5, 5.41) is 2.89. The Kier molecular flexibility index (Phi) is 9.48. The Morgan fingerprint density at radius 1 is 0.897 bits per heavy atom. The van der Waals surface area contributed by atoms with E-state index in [9.17, 15) is 22.4 Å². The summed E-state index contributed by atoms with van der Waals surface area (Å²) < 4.78 is 40.5. The molecule has 7 nitrogen and oxygen atoms in total. The molecule has 0 bridgehead atoms. The smallest absolute Gasteiger partial charge is 0.243 e. The molecule has 1 N–H and O–H groups in total.